The Hall–Kier alpha value is -2.03. The van der Waals surface area contributed by atoms with Crippen molar-refractivity contribution in [3.8, 4) is 17.2 Å². The van der Waals surface area contributed by atoms with Crippen LogP contribution in [0.25, 0.3) is 5.57 Å². The average Bonchev–Trinajstić information content (AvgIpc) is 2.65. The lowest BCUT2D eigenvalue weighted by Gasteiger charge is -2.26. The van der Waals surface area contributed by atoms with E-state index in [1.807, 2.05) is 0 Å². The van der Waals surface area contributed by atoms with E-state index in [-0.39, 0.29) is 0 Å². The fraction of sp³-hybridized carbons (Fsp3) is 0.385. The second-order valence-corrected chi connectivity index (χ2v) is 18.5. The summed E-state index contributed by atoms with van der Waals surface area (Å²) in [5.41, 5.74) is 8.95. The van der Waals surface area contributed by atoms with Crippen molar-refractivity contribution in [1.82, 2.24) is 0 Å². The lowest BCUT2D eigenvalue weighted by molar-refractivity contribution is 0.540. The van der Waals surface area contributed by atoms with Crippen LogP contribution < -0.4 is 4.43 Å². The largest absolute Gasteiger partial charge is 0.544 e. The second-order valence-electron chi connectivity index (χ2n) is 9.52. The maximum absolute atomic E-state index is 6.64. The van der Waals surface area contributed by atoms with Crippen LogP contribution in [0.15, 0.2) is 49.0 Å². The average molecular weight is 421 g/mol. The topological polar surface area (TPSA) is 9.23 Å². The third kappa shape index (κ3) is 7.38. The van der Waals surface area contributed by atoms with E-state index in [2.05, 4.69) is 107 Å². The molecular weight excluding hydrogens is 384 g/mol. The summed E-state index contributed by atoms with van der Waals surface area (Å²) in [5, 5.41) is 0. The first-order chi connectivity index (χ1) is 13.5. The quantitative estimate of drug-likeness (QED) is 0.330. The molecule has 0 amide bonds. The van der Waals surface area contributed by atoms with E-state index >= 15 is 0 Å². The van der Waals surface area contributed by atoms with Crippen LogP contribution in [0, 0.1) is 18.4 Å². The molecule has 0 N–H and O–H groups in total. The van der Waals surface area contributed by atoms with Crippen molar-refractivity contribution >= 4 is 22.0 Å². The highest BCUT2D eigenvalue weighted by Crippen LogP contribution is 2.33. The van der Waals surface area contributed by atoms with Gasteiger partial charge in [0.25, 0.3) is 0 Å². The first-order valence-electron chi connectivity index (χ1n) is 10.6. The second kappa shape index (κ2) is 9.65. The van der Waals surface area contributed by atoms with Gasteiger partial charge in [-0.05, 0) is 55.4 Å². The van der Waals surface area contributed by atoms with Gasteiger partial charge in [0.15, 0.2) is 0 Å². The number of unbranched alkanes of at least 4 members (excludes halogenated alkanes) is 1. The van der Waals surface area contributed by atoms with Gasteiger partial charge in [-0.2, -0.15) is 0 Å². The molecule has 0 aliphatic rings. The van der Waals surface area contributed by atoms with Gasteiger partial charge in [-0.1, -0.05) is 81.7 Å². The van der Waals surface area contributed by atoms with Crippen LogP contribution in [0.2, 0.25) is 38.8 Å². The summed E-state index contributed by atoms with van der Waals surface area (Å²) in [6, 6.07) is 16.1. The number of hydrogen-bond donors (Lipinski definition) is 0. The lowest BCUT2D eigenvalue weighted by atomic mass is 9.96. The minimum absolute atomic E-state index is 0.946. The number of hydrogen-bond acceptors (Lipinski definition) is 1. The van der Waals surface area contributed by atoms with E-state index in [1.54, 1.807) is 0 Å². The van der Waals surface area contributed by atoms with Crippen molar-refractivity contribution in [2.45, 2.75) is 65.5 Å². The van der Waals surface area contributed by atoms with Crippen molar-refractivity contribution in [3.05, 3.63) is 71.3 Å². The smallest absolute Gasteiger partial charge is 0.245 e. The van der Waals surface area contributed by atoms with Crippen LogP contribution in [0.1, 0.15) is 42.0 Å². The van der Waals surface area contributed by atoms with Gasteiger partial charge in [0.05, 0.1) is 0 Å². The Bertz CT molecular complexity index is 906. The molecule has 29 heavy (non-hydrogen) atoms. The van der Waals surface area contributed by atoms with Crippen molar-refractivity contribution in [3.63, 3.8) is 0 Å². The summed E-state index contributed by atoms with van der Waals surface area (Å²) >= 11 is 0. The number of benzene rings is 2. The first-order valence-corrected chi connectivity index (χ1v) is 17.2. The molecule has 3 heteroatoms. The van der Waals surface area contributed by atoms with Gasteiger partial charge in [0.2, 0.25) is 8.32 Å². The normalized spacial score (nSPS) is 11.6. The molecule has 1 nitrogen and oxygen atoms in total. The maximum Gasteiger partial charge on any atom is 0.245 e. The van der Waals surface area contributed by atoms with Crippen molar-refractivity contribution in [2.75, 3.05) is 0 Å². The standard InChI is InChI=1S/C26H36OSi2/c1-9-10-18-29(7,8)27-26-16-13-23(17-19-28(4,5)6)20-25(26)22(3)24-14-11-21(2)12-15-24/h11-16,20H,3,9-10,18H2,1-2,4-8H3. The zero-order valence-corrected chi connectivity index (χ0v) is 21.3. The molecule has 0 aromatic heterocycles. The van der Waals surface area contributed by atoms with Crippen molar-refractivity contribution in [2.24, 2.45) is 0 Å². The Balaban J connectivity index is 2.47. The zero-order valence-electron chi connectivity index (χ0n) is 19.3. The van der Waals surface area contributed by atoms with Gasteiger partial charge in [-0.15, -0.1) is 5.54 Å². The highest BCUT2D eigenvalue weighted by Gasteiger charge is 2.25. The molecule has 0 saturated heterocycles. The molecule has 0 aliphatic carbocycles. The Morgan fingerprint density at radius 2 is 1.66 bits per heavy atom. The van der Waals surface area contributed by atoms with Crippen LogP contribution >= 0.6 is 0 Å². The van der Waals surface area contributed by atoms with Crippen molar-refractivity contribution in [1.29, 1.82) is 0 Å². The molecular formula is C26H36OSi2. The summed E-state index contributed by atoms with van der Waals surface area (Å²) in [5.74, 6) is 4.34. The van der Waals surface area contributed by atoms with Crippen LogP contribution in [-0.4, -0.2) is 16.4 Å². The van der Waals surface area contributed by atoms with Gasteiger partial charge in [-0.25, -0.2) is 0 Å². The minimum Gasteiger partial charge on any atom is -0.544 e. The Kier molecular flexibility index (Phi) is 7.74. The van der Waals surface area contributed by atoms with Crippen LogP contribution in [-0.2, 0) is 0 Å². The van der Waals surface area contributed by atoms with Crippen LogP contribution in [0.5, 0.6) is 5.75 Å². The fourth-order valence-corrected chi connectivity index (χ4v) is 5.65. The minimum atomic E-state index is -1.79. The predicted octanol–water partition coefficient (Wildman–Crippen LogP) is 7.67. The summed E-state index contributed by atoms with van der Waals surface area (Å²) in [6.45, 7) is 20.2. The van der Waals surface area contributed by atoms with E-state index in [1.165, 1.54) is 18.4 Å². The summed E-state index contributed by atoms with van der Waals surface area (Å²) in [6.07, 6.45) is 2.42. The third-order valence-corrected chi connectivity index (χ3v) is 8.01. The Morgan fingerprint density at radius 3 is 2.24 bits per heavy atom. The SMILES string of the molecule is C=C(c1ccc(C)cc1)c1cc(C#C[Si](C)(C)C)ccc1O[Si](C)(C)CCCC. The maximum atomic E-state index is 6.64. The molecule has 2 aromatic carbocycles. The lowest BCUT2D eigenvalue weighted by Crippen LogP contribution is -2.34. The fourth-order valence-electron chi connectivity index (χ4n) is 3.05. The highest BCUT2D eigenvalue weighted by atomic mass is 28.4. The van der Waals surface area contributed by atoms with E-state index < -0.39 is 16.4 Å². The van der Waals surface area contributed by atoms with E-state index in [9.17, 15) is 0 Å². The van der Waals surface area contributed by atoms with E-state index in [4.69, 9.17) is 4.43 Å². The van der Waals surface area contributed by atoms with Gasteiger partial charge in [0, 0.05) is 11.1 Å². The molecule has 0 bridgehead atoms. The number of rotatable bonds is 7. The first kappa shape index (κ1) is 23.3. The summed E-state index contributed by atoms with van der Waals surface area (Å²) in [4.78, 5) is 0. The summed E-state index contributed by atoms with van der Waals surface area (Å²) in [7, 11) is -3.22. The van der Waals surface area contributed by atoms with E-state index in [0.717, 1.165) is 34.1 Å². The molecule has 0 saturated carbocycles. The Morgan fingerprint density at radius 1 is 1.00 bits per heavy atom. The molecule has 0 unspecified atom stereocenters. The molecule has 2 rings (SSSR count). The molecule has 0 spiro atoms. The van der Waals surface area contributed by atoms with Gasteiger partial charge >= 0.3 is 0 Å². The monoisotopic (exact) mass is 420 g/mol. The molecule has 0 fully saturated rings. The predicted molar refractivity (Wildman–Crippen MR) is 134 cm³/mol. The Labute approximate surface area is 180 Å². The van der Waals surface area contributed by atoms with E-state index in [0.29, 0.717) is 0 Å². The third-order valence-electron chi connectivity index (χ3n) is 4.81. The van der Waals surface area contributed by atoms with Crippen molar-refractivity contribution < 1.29 is 4.43 Å². The van der Waals surface area contributed by atoms with Gasteiger partial charge < -0.3 is 4.43 Å². The molecule has 0 heterocycles. The van der Waals surface area contributed by atoms with Crippen LogP contribution in [0.4, 0.5) is 0 Å². The zero-order chi connectivity index (χ0) is 21.7. The molecule has 0 radical (unpaired) electrons. The molecule has 0 atom stereocenters. The molecule has 154 valence electrons. The van der Waals surface area contributed by atoms with Crippen LogP contribution in [0.3, 0.4) is 0 Å². The summed E-state index contributed by atoms with van der Waals surface area (Å²) < 4.78 is 6.64. The van der Waals surface area contributed by atoms with Gasteiger partial charge in [-0.3, -0.25) is 0 Å². The van der Waals surface area contributed by atoms with Gasteiger partial charge in [0.1, 0.15) is 13.8 Å². The number of aryl methyl sites for hydroxylation is 1. The molecule has 0 aliphatic heterocycles. The highest BCUT2D eigenvalue weighted by molar-refractivity contribution is 6.83. The molecule has 2 aromatic rings.